The number of amides is 1. The van der Waals surface area contributed by atoms with Crippen LogP contribution in [-0.4, -0.2) is 22.4 Å². The summed E-state index contributed by atoms with van der Waals surface area (Å²) in [4.78, 5) is 16.5. The van der Waals surface area contributed by atoms with Crippen LogP contribution in [0, 0.1) is 17.8 Å². The molecule has 1 N–H and O–H groups in total. The fraction of sp³-hybridized carbons (Fsp3) is 0.882. The van der Waals surface area contributed by atoms with E-state index in [4.69, 9.17) is 0 Å². The molecule has 1 heterocycles. The molecule has 4 aliphatic rings. The molecule has 21 heavy (non-hydrogen) atoms. The highest BCUT2D eigenvalue weighted by Crippen LogP contribution is 2.45. The molecule has 4 rings (SSSR count). The van der Waals surface area contributed by atoms with E-state index in [-0.39, 0.29) is 11.2 Å². The minimum Gasteiger partial charge on any atom is -0.361 e. The zero-order valence-electron chi connectivity index (χ0n) is 12.7. The summed E-state index contributed by atoms with van der Waals surface area (Å²) < 4.78 is 0. The first-order valence-electron chi connectivity index (χ1n) is 8.83. The van der Waals surface area contributed by atoms with Crippen LogP contribution in [0.3, 0.4) is 0 Å². The number of nitrogens with zero attached hydrogens (tertiary/aromatic N) is 1. The summed E-state index contributed by atoms with van der Waals surface area (Å²) in [7, 11) is 0. The Morgan fingerprint density at radius 2 is 1.95 bits per heavy atom. The molecule has 3 aliphatic carbocycles. The van der Waals surface area contributed by atoms with Gasteiger partial charge in [-0.1, -0.05) is 50.3 Å². The van der Waals surface area contributed by atoms with E-state index in [9.17, 15) is 4.79 Å². The lowest BCUT2D eigenvalue weighted by Crippen LogP contribution is -2.36. The Morgan fingerprint density at radius 3 is 2.67 bits per heavy atom. The molecule has 3 saturated carbocycles. The summed E-state index contributed by atoms with van der Waals surface area (Å²) >= 11 is 1.72. The van der Waals surface area contributed by atoms with Crippen molar-refractivity contribution < 1.29 is 4.79 Å². The lowest BCUT2D eigenvalue weighted by atomic mass is 9.86. The molecule has 3 fully saturated rings. The van der Waals surface area contributed by atoms with Crippen molar-refractivity contribution in [3.05, 3.63) is 0 Å². The predicted molar refractivity (Wildman–Crippen MR) is 87.4 cm³/mol. The normalized spacial score (nSPS) is 39.8. The van der Waals surface area contributed by atoms with Crippen molar-refractivity contribution in [2.45, 2.75) is 75.5 Å². The first kappa shape index (κ1) is 14.1. The SMILES string of the molecule is O=C1N=C(N[C@H]2C[C@H]3CC[C@H]2C3)SC1CC1CCCCC1. The third-order valence-electron chi connectivity index (χ3n) is 6.06. The van der Waals surface area contributed by atoms with Gasteiger partial charge in [-0.15, -0.1) is 0 Å². The van der Waals surface area contributed by atoms with Crippen LogP contribution in [0.15, 0.2) is 4.99 Å². The van der Waals surface area contributed by atoms with Gasteiger partial charge in [0.05, 0.1) is 5.25 Å². The number of hydrogen-bond acceptors (Lipinski definition) is 3. The number of amidine groups is 1. The zero-order valence-corrected chi connectivity index (χ0v) is 13.5. The van der Waals surface area contributed by atoms with E-state index in [0.717, 1.165) is 29.3 Å². The van der Waals surface area contributed by atoms with E-state index in [2.05, 4.69) is 10.3 Å². The number of rotatable bonds is 3. The minimum absolute atomic E-state index is 0.106. The van der Waals surface area contributed by atoms with Crippen molar-refractivity contribution in [3.63, 3.8) is 0 Å². The second kappa shape index (κ2) is 5.94. The molecular weight excluding hydrogens is 280 g/mol. The van der Waals surface area contributed by atoms with Crippen molar-refractivity contribution in [2.75, 3.05) is 0 Å². The number of carbonyl (C=O) groups is 1. The smallest absolute Gasteiger partial charge is 0.261 e. The Balaban J connectivity index is 1.30. The van der Waals surface area contributed by atoms with Crippen molar-refractivity contribution in [3.8, 4) is 0 Å². The molecular formula is C17H26N2OS. The highest BCUT2D eigenvalue weighted by molar-refractivity contribution is 8.15. The van der Waals surface area contributed by atoms with Gasteiger partial charge in [-0.2, -0.15) is 4.99 Å². The van der Waals surface area contributed by atoms with Crippen LogP contribution in [-0.2, 0) is 4.79 Å². The number of aliphatic imine (C=N–C) groups is 1. The molecule has 0 aromatic rings. The first-order valence-corrected chi connectivity index (χ1v) is 9.71. The summed E-state index contributed by atoms with van der Waals surface area (Å²) in [6.07, 6.45) is 13.3. The largest absolute Gasteiger partial charge is 0.361 e. The van der Waals surface area contributed by atoms with Gasteiger partial charge in [0, 0.05) is 6.04 Å². The fourth-order valence-electron chi connectivity index (χ4n) is 4.90. The molecule has 116 valence electrons. The van der Waals surface area contributed by atoms with Gasteiger partial charge in [0.25, 0.3) is 5.91 Å². The van der Waals surface area contributed by atoms with Crippen molar-refractivity contribution >= 4 is 22.8 Å². The monoisotopic (exact) mass is 306 g/mol. The maximum absolute atomic E-state index is 12.1. The third-order valence-corrected chi connectivity index (χ3v) is 7.17. The van der Waals surface area contributed by atoms with E-state index in [1.807, 2.05) is 0 Å². The Bertz CT molecular complexity index is 444. The van der Waals surface area contributed by atoms with Crippen LogP contribution in [0.1, 0.15) is 64.2 Å². The molecule has 0 aromatic carbocycles. The standard InChI is InChI=1S/C17H26N2OS/c20-16-15(10-11-4-2-1-3-5-11)21-17(19-16)18-14-9-12-6-7-13(14)8-12/h11-15H,1-10H2,(H,18,19,20)/t12-,13-,14-,15?/m0/s1. The lowest BCUT2D eigenvalue weighted by Gasteiger charge is -2.24. The van der Waals surface area contributed by atoms with Gasteiger partial charge in [-0.25, -0.2) is 0 Å². The fourth-order valence-corrected chi connectivity index (χ4v) is 6.06. The van der Waals surface area contributed by atoms with Crippen molar-refractivity contribution in [1.82, 2.24) is 5.32 Å². The summed E-state index contributed by atoms with van der Waals surface area (Å²) in [5.74, 6) is 2.66. The second-order valence-electron chi connectivity index (χ2n) is 7.53. The van der Waals surface area contributed by atoms with Gasteiger partial charge in [0.1, 0.15) is 0 Å². The molecule has 1 amide bonds. The summed E-state index contributed by atoms with van der Waals surface area (Å²) in [6, 6.07) is 0.594. The molecule has 0 aromatic heterocycles. The van der Waals surface area contributed by atoms with Crippen LogP contribution in [0.4, 0.5) is 0 Å². The molecule has 4 heteroatoms. The molecule has 3 nitrogen and oxygen atoms in total. The maximum atomic E-state index is 12.1. The second-order valence-corrected chi connectivity index (χ2v) is 8.72. The van der Waals surface area contributed by atoms with Crippen molar-refractivity contribution in [2.24, 2.45) is 22.7 Å². The lowest BCUT2D eigenvalue weighted by molar-refractivity contribution is -0.117. The topological polar surface area (TPSA) is 41.5 Å². The van der Waals surface area contributed by atoms with Crippen LogP contribution < -0.4 is 5.32 Å². The quantitative estimate of drug-likeness (QED) is 0.863. The summed E-state index contributed by atoms with van der Waals surface area (Å²) in [5, 5.41) is 4.63. The molecule has 4 atom stereocenters. The number of thioether (sulfide) groups is 1. The van der Waals surface area contributed by atoms with E-state index >= 15 is 0 Å². The van der Waals surface area contributed by atoms with Gasteiger partial charge in [0.2, 0.25) is 0 Å². The first-order chi connectivity index (χ1) is 10.3. The molecule has 0 saturated heterocycles. The van der Waals surface area contributed by atoms with Gasteiger partial charge < -0.3 is 5.32 Å². The third kappa shape index (κ3) is 3.01. The van der Waals surface area contributed by atoms with Gasteiger partial charge in [-0.05, 0) is 43.4 Å². The van der Waals surface area contributed by atoms with E-state index in [1.165, 1.54) is 57.8 Å². The summed E-state index contributed by atoms with van der Waals surface area (Å²) in [5.41, 5.74) is 0. The highest BCUT2D eigenvalue weighted by atomic mass is 32.2. The molecule has 1 unspecified atom stereocenters. The molecule has 0 spiro atoms. The average molecular weight is 306 g/mol. The van der Waals surface area contributed by atoms with Crippen LogP contribution in [0.5, 0.6) is 0 Å². The van der Waals surface area contributed by atoms with E-state index in [1.54, 1.807) is 11.8 Å². The highest BCUT2D eigenvalue weighted by Gasteiger charge is 2.41. The van der Waals surface area contributed by atoms with Crippen LogP contribution in [0.25, 0.3) is 0 Å². The molecule has 2 bridgehead atoms. The number of hydrogen-bond donors (Lipinski definition) is 1. The van der Waals surface area contributed by atoms with Crippen LogP contribution >= 0.6 is 11.8 Å². The minimum atomic E-state index is 0.106. The Hall–Kier alpha value is -0.510. The van der Waals surface area contributed by atoms with E-state index in [0.29, 0.717) is 6.04 Å². The predicted octanol–water partition coefficient (Wildman–Crippen LogP) is 3.73. The number of fused-ring (bicyclic) bond motifs is 2. The number of nitrogens with one attached hydrogen (secondary N) is 1. The molecule has 1 aliphatic heterocycles. The van der Waals surface area contributed by atoms with Gasteiger partial charge in [-0.3, -0.25) is 4.79 Å². The van der Waals surface area contributed by atoms with Crippen molar-refractivity contribution in [1.29, 1.82) is 0 Å². The van der Waals surface area contributed by atoms with Crippen LogP contribution in [0.2, 0.25) is 0 Å². The Labute approximate surface area is 131 Å². The average Bonchev–Trinajstić information content (AvgIpc) is 3.17. The Morgan fingerprint density at radius 1 is 1.10 bits per heavy atom. The Kier molecular flexibility index (Phi) is 3.99. The van der Waals surface area contributed by atoms with Gasteiger partial charge in [0.15, 0.2) is 5.17 Å². The van der Waals surface area contributed by atoms with E-state index < -0.39 is 0 Å². The molecule has 0 radical (unpaired) electrons. The maximum Gasteiger partial charge on any atom is 0.261 e. The zero-order chi connectivity index (χ0) is 14.2. The number of carbonyl (C=O) groups excluding carboxylic acids is 1. The van der Waals surface area contributed by atoms with Gasteiger partial charge >= 0.3 is 0 Å². The summed E-state index contributed by atoms with van der Waals surface area (Å²) in [6.45, 7) is 0.